The maximum absolute atomic E-state index is 13.2. The van der Waals surface area contributed by atoms with Gasteiger partial charge in [-0.25, -0.2) is 23.9 Å². The van der Waals surface area contributed by atoms with Crippen LogP contribution in [0.5, 0.6) is 0 Å². The van der Waals surface area contributed by atoms with Crippen molar-refractivity contribution in [2.24, 2.45) is 0 Å². The molecule has 4 rings (SSSR count). The number of aliphatic hydroxyl groups is 2. The van der Waals surface area contributed by atoms with Crippen molar-refractivity contribution in [1.29, 1.82) is 0 Å². The molecule has 12 nitrogen and oxygen atoms in total. The summed E-state index contributed by atoms with van der Waals surface area (Å²) in [6, 6.07) is 5.88. The van der Waals surface area contributed by atoms with Gasteiger partial charge in [0.1, 0.15) is 30.5 Å². The maximum Gasteiger partial charge on any atom is 0.469 e. The lowest BCUT2D eigenvalue weighted by Crippen LogP contribution is -2.33. The molecule has 2 aromatic heterocycles. The minimum atomic E-state index is -4.81. The third-order valence-corrected chi connectivity index (χ3v) is 6.26. The molecule has 0 radical (unpaired) electrons. The monoisotopic (exact) mass is 487 g/mol. The highest BCUT2D eigenvalue weighted by molar-refractivity contribution is 7.98. The third-order valence-electron chi connectivity index (χ3n) is 4.75. The molecular weight excluding hydrogens is 468 g/mol. The van der Waals surface area contributed by atoms with E-state index in [0.717, 1.165) is 5.56 Å². The lowest BCUT2D eigenvalue weighted by atomic mass is 10.1. The molecule has 15 heteroatoms. The van der Waals surface area contributed by atoms with Crippen molar-refractivity contribution in [3.63, 3.8) is 0 Å². The Hall–Kier alpha value is -2.16. The number of rotatable bonds is 7. The number of hydrogen-bond acceptors (Lipinski definition) is 10. The number of hydrogen-bond donors (Lipinski definition) is 5. The molecule has 172 valence electrons. The normalized spacial score (nSPS) is 23.8. The van der Waals surface area contributed by atoms with Gasteiger partial charge >= 0.3 is 7.82 Å². The van der Waals surface area contributed by atoms with E-state index in [0.29, 0.717) is 10.9 Å². The molecule has 1 unspecified atom stereocenters. The van der Waals surface area contributed by atoms with Crippen LogP contribution in [0.3, 0.4) is 0 Å². The predicted molar refractivity (Wildman–Crippen MR) is 110 cm³/mol. The number of nitrogens with two attached hydrogens (primary N) is 1. The van der Waals surface area contributed by atoms with Gasteiger partial charge in [0.05, 0.1) is 6.61 Å². The number of nitrogen functional groups attached to an aromatic ring is 1. The zero-order valence-electron chi connectivity index (χ0n) is 16.2. The number of imidazole rings is 1. The second kappa shape index (κ2) is 9.00. The van der Waals surface area contributed by atoms with Gasteiger partial charge in [-0.2, -0.15) is 0 Å². The molecule has 32 heavy (non-hydrogen) atoms. The van der Waals surface area contributed by atoms with Gasteiger partial charge in [-0.05, 0) is 17.7 Å². The average molecular weight is 487 g/mol. The summed E-state index contributed by atoms with van der Waals surface area (Å²) in [5.74, 6) is 0.105. The molecule has 4 atom stereocenters. The minimum Gasteiger partial charge on any atom is -0.387 e. The fraction of sp³-hybridized carbons (Fsp3) is 0.353. The Labute approximate surface area is 184 Å². The van der Waals surface area contributed by atoms with E-state index in [9.17, 15) is 19.2 Å². The second-order valence-corrected chi connectivity index (χ2v) is 9.13. The van der Waals surface area contributed by atoms with Gasteiger partial charge in [-0.15, -0.1) is 0 Å². The Morgan fingerprint density at radius 1 is 1.22 bits per heavy atom. The molecule has 1 aromatic carbocycles. The van der Waals surface area contributed by atoms with Gasteiger partial charge in [-0.3, -0.25) is 9.09 Å². The number of fused-ring (bicyclic) bond motifs is 1. The molecule has 0 aliphatic carbocycles. The molecule has 1 saturated heterocycles. The predicted octanol–water partition coefficient (Wildman–Crippen LogP) is 0.568. The second-order valence-electron chi connectivity index (χ2n) is 6.94. The van der Waals surface area contributed by atoms with Crippen LogP contribution in [0.1, 0.15) is 11.8 Å². The van der Waals surface area contributed by atoms with Gasteiger partial charge in [-0.1, -0.05) is 23.9 Å². The first-order valence-electron chi connectivity index (χ1n) is 9.21. The Balaban J connectivity index is 1.66. The first-order valence-corrected chi connectivity index (χ1v) is 11.7. The van der Waals surface area contributed by atoms with E-state index in [1.54, 1.807) is 12.1 Å². The lowest BCUT2D eigenvalue weighted by molar-refractivity contribution is -0.0541. The summed E-state index contributed by atoms with van der Waals surface area (Å²) >= 11 is 1.23. The van der Waals surface area contributed by atoms with Gasteiger partial charge in [0.2, 0.25) is 0 Å². The highest BCUT2D eigenvalue weighted by Gasteiger charge is 2.46. The largest absolute Gasteiger partial charge is 0.469 e. The van der Waals surface area contributed by atoms with Crippen LogP contribution in [0.25, 0.3) is 11.2 Å². The highest BCUT2D eigenvalue weighted by Crippen LogP contribution is 2.40. The van der Waals surface area contributed by atoms with Crippen LogP contribution in [0.2, 0.25) is 0 Å². The van der Waals surface area contributed by atoms with E-state index >= 15 is 0 Å². The highest BCUT2D eigenvalue weighted by atomic mass is 32.2. The number of aliphatic hydroxyl groups excluding tert-OH is 2. The van der Waals surface area contributed by atoms with E-state index in [1.807, 2.05) is 0 Å². The fourth-order valence-corrected chi connectivity index (χ4v) is 4.53. The topological polar surface area (TPSA) is 186 Å². The summed E-state index contributed by atoms with van der Waals surface area (Å²) < 4.78 is 35.7. The van der Waals surface area contributed by atoms with E-state index in [-0.39, 0.29) is 22.8 Å². The van der Waals surface area contributed by atoms with E-state index < -0.39 is 39.0 Å². The number of phosphoric ester groups is 1. The molecule has 0 saturated carbocycles. The van der Waals surface area contributed by atoms with Crippen LogP contribution < -0.4 is 5.73 Å². The fourth-order valence-electron chi connectivity index (χ4n) is 3.22. The smallest absolute Gasteiger partial charge is 0.387 e. The summed E-state index contributed by atoms with van der Waals surface area (Å²) in [6.07, 6.45) is -4.21. The van der Waals surface area contributed by atoms with Gasteiger partial charge in [0, 0.05) is 5.75 Å². The molecule has 0 bridgehead atoms. The summed E-state index contributed by atoms with van der Waals surface area (Å²) in [5, 5.41) is 21.3. The Bertz CT molecular complexity index is 1160. The molecule has 6 N–H and O–H groups in total. The summed E-state index contributed by atoms with van der Waals surface area (Å²) in [7, 11) is -4.81. The van der Waals surface area contributed by atoms with E-state index in [4.69, 9.17) is 20.3 Å². The molecule has 3 heterocycles. The third kappa shape index (κ3) is 4.77. The van der Waals surface area contributed by atoms with Crippen LogP contribution in [-0.4, -0.2) is 64.4 Å². The first kappa shape index (κ1) is 23.0. The van der Waals surface area contributed by atoms with E-state index in [2.05, 4.69) is 19.5 Å². The molecule has 1 aliphatic heterocycles. The Morgan fingerprint density at radius 2 is 1.94 bits per heavy atom. The molecule has 0 amide bonds. The number of halogens is 1. The first-order chi connectivity index (χ1) is 15.1. The van der Waals surface area contributed by atoms with Crippen molar-refractivity contribution >= 4 is 36.6 Å². The Morgan fingerprint density at radius 3 is 2.62 bits per heavy atom. The number of anilines is 1. The quantitative estimate of drug-likeness (QED) is 0.231. The van der Waals surface area contributed by atoms with Gasteiger partial charge in [0.25, 0.3) is 0 Å². The zero-order chi connectivity index (χ0) is 23.0. The van der Waals surface area contributed by atoms with Gasteiger partial charge < -0.3 is 30.5 Å². The zero-order valence-corrected chi connectivity index (χ0v) is 17.9. The molecule has 1 aliphatic rings. The van der Waals surface area contributed by atoms with Crippen LogP contribution in [0.15, 0.2) is 35.7 Å². The van der Waals surface area contributed by atoms with Crippen molar-refractivity contribution in [2.45, 2.75) is 35.4 Å². The van der Waals surface area contributed by atoms with Crippen molar-refractivity contribution < 1.29 is 38.2 Å². The molecular formula is C17H19FN5O7PS. The molecule has 3 aromatic rings. The van der Waals surface area contributed by atoms with E-state index in [1.165, 1.54) is 34.8 Å². The standard InChI is InChI=1S/C17H19FN5O7PS/c18-9-3-1-8(2-4-9)6-32-17-22-11-14(19)20-7-21-15(11)23(17)16-13(25)12(24)10(30-16)5-29-31(26,27)28/h1-4,7,10,12-13,16,24-25H,5-6H2,(H2,19,20,21)(H2,26,27,28)/t10-,12-,13-,16?/m1/s1. The van der Waals surface area contributed by atoms with Crippen LogP contribution in [0, 0.1) is 5.82 Å². The number of phosphoric acid groups is 1. The van der Waals surface area contributed by atoms with Crippen molar-refractivity contribution in [3.05, 3.63) is 42.0 Å². The summed E-state index contributed by atoms with van der Waals surface area (Å²) in [4.78, 5) is 30.3. The average Bonchev–Trinajstić information content (AvgIpc) is 3.24. The van der Waals surface area contributed by atoms with Gasteiger partial charge in [0.15, 0.2) is 28.4 Å². The SMILES string of the molecule is Nc1ncnc2c1nc(SCc1ccc(F)cc1)n2C1O[C@H](COP(=O)(O)O)[C@@H](O)[C@H]1O. The Kier molecular flexibility index (Phi) is 6.47. The number of benzene rings is 1. The lowest BCUT2D eigenvalue weighted by Gasteiger charge is -2.19. The van der Waals surface area contributed by atoms with Crippen molar-refractivity contribution in [2.75, 3.05) is 12.3 Å². The summed E-state index contributed by atoms with van der Waals surface area (Å²) in [5.41, 5.74) is 7.18. The number of thioether (sulfide) groups is 1. The molecule has 0 spiro atoms. The van der Waals surface area contributed by atoms with Crippen molar-refractivity contribution in [3.8, 4) is 0 Å². The minimum absolute atomic E-state index is 0.0896. The molecule has 1 fully saturated rings. The summed E-state index contributed by atoms with van der Waals surface area (Å²) in [6.45, 7) is -0.652. The van der Waals surface area contributed by atoms with Crippen LogP contribution in [-0.2, 0) is 19.6 Å². The number of ether oxygens (including phenoxy) is 1. The van der Waals surface area contributed by atoms with Crippen LogP contribution in [0.4, 0.5) is 10.2 Å². The maximum atomic E-state index is 13.2. The van der Waals surface area contributed by atoms with Crippen LogP contribution >= 0.6 is 19.6 Å². The number of aromatic nitrogens is 4. The van der Waals surface area contributed by atoms with Crippen molar-refractivity contribution in [1.82, 2.24) is 19.5 Å². The number of nitrogens with zero attached hydrogens (tertiary/aromatic N) is 4.